The van der Waals surface area contributed by atoms with Crippen LogP contribution in [0, 0.1) is 11.8 Å². The van der Waals surface area contributed by atoms with E-state index in [-0.39, 0.29) is 18.0 Å². The predicted molar refractivity (Wildman–Crippen MR) is 111 cm³/mol. The zero-order chi connectivity index (χ0) is 19.8. The summed E-state index contributed by atoms with van der Waals surface area (Å²) in [6.07, 6.45) is 3.69. The Bertz CT molecular complexity index is 1100. The number of fused-ring (bicyclic) bond motifs is 1. The molecule has 0 amide bonds. The number of aromatic nitrogens is 1. The molecule has 144 valence electrons. The van der Waals surface area contributed by atoms with Crippen LogP contribution in [0.25, 0.3) is 10.9 Å². The topological polar surface area (TPSA) is 68.3 Å². The standard InChI is InChI=1S/C22H22N2O3S/c1-2-6-18-8-12-21(13-9-18)28(25,26)24-15-3-4-16-27-20-11-10-19-7-5-14-23-22(19)17-20/h5,7-14,17,24H,2,6,15-16H2,1H3. The summed E-state index contributed by atoms with van der Waals surface area (Å²) in [6, 6.07) is 16.4. The molecule has 5 nitrogen and oxygen atoms in total. The fraction of sp³-hybridized carbons (Fsp3) is 0.227. The molecule has 0 saturated carbocycles. The van der Waals surface area contributed by atoms with Gasteiger partial charge in [0, 0.05) is 17.6 Å². The Kier molecular flexibility index (Phi) is 6.64. The third-order valence-electron chi connectivity index (χ3n) is 4.14. The molecule has 3 rings (SSSR count). The number of nitrogens with zero attached hydrogens (tertiary/aromatic N) is 1. The zero-order valence-corrected chi connectivity index (χ0v) is 16.5. The first-order valence-corrected chi connectivity index (χ1v) is 10.6. The summed E-state index contributed by atoms with van der Waals surface area (Å²) in [6.45, 7) is 2.29. The third kappa shape index (κ3) is 5.32. The fourth-order valence-corrected chi connectivity index (χ4v) is 3.63. The molecule has 0 spiro atoms. The molecule has 6 heteroatoms. The first-order chi connectivity index (χ1) is 13.6. The number of sulfonamides is 1. The zero-order valence-electron chi connectivity index (χ0n) is 15.7. The molecule has 0 aliphatic rings. The molecule has 0 atom stereocenters. The largest absolute Gasteiger partial charge is 0.481 e. The number of hydrogen-bond acceptors (Lipinski definition) is 4. The van der Waals surface area contributed by atoms with Gasteiger partial charge in [-0.2, -0.15) is 4.72 Å². The van der Waals surface area contributed by atoms with Crippen LogP contribution >= 0.6 is 0 Å². The molecule has 3 aromatic rings. The van der Waals surface area contributed by atoms with E-state index in [9.17, 15) is 8.42 Å². The fourth-order valence-electron chi connectivity index (χ4n) is 2.71. The van der Waals surface area contributed by atoms with E-state index in [2.05, 4.69) is 28.5 Å². The molecule has 28 heavy (non-hydrogen) atoms. The van der Waals surface area contributed by atoms with Crippen molar-refractivity contribution in [3.8, 4) is 17.6 Å². The summed E-state index contributed by atoms with van der Waals surface area (Å²) in [5, 5.41) is 1.04. The van der Waals surface area contributed by atoms with E-state index in [4.69, 9.17) is 4.74 Å². The number of pyridine rings is 1. The molecule has 1 heterocycles. The number of ether oxygens (including phenoxy) is 1. The number of hydrogen-bond donors (Lipinski definition) is 1. The van der Waals surface area contributed by atoms with Crippen molar-refractivity contribution < 1.29 is 13.2 Å². The summed E-state index contributed by atoms with van der Waals surface area (Å²) in [5.74, 6) is 6.26. The van der Waals surface area contributed by atoms with Crippen LogP contribution in [0.2, 0.25) is 0 Å². The maximum atomic E-state index is 12.3. The van der Waals surface area contributed by atoms with Crippen LogP contribution in [0.15, 0.2) is 65.7 Å². The second-order valence-corrected chi connectivity index (χ2v) is 7.99. The first-order valence-electron chi connectivity index (χ1n) is 9.10. The van der Waals surface area contributed by atoms with E-state index in [1.54, 1.807) is 18.3 Å². The van der Waals surface area contributed by atoms with Gasteiger partial charge in [0.1, 0.15) is 12.4 Å². The van der Waals surface area contributed by atoms with Crippen molar-refractivity contribution in [2.24, 2.45) is 0 Å². The summed E-state index contributed by atoms with van der Waals surface area (Å²) < 4.78 is 32.6. The SMILES string of the molecule is CCCc1ccc(S(=O)(=O)NCC#CCOc2ccc3cccnc3c2)cc1. The molecule has 2 aromatic carbocycles. The van der Waals surface area contributed by atoms with Gasteiger partial charge < -0.3 is 4.74 Å². The van der Waals surface area contributed by atoms with E-state index >= 15 is 0 Å². The van der Waals surface area contributed by atoms with E-state index < -0.39 is 10.0 Å². The van der Waals surface area contributed by atoms with Gasteiger partial charge in [0.05, 0.1) is 17.0 Å². The third-order valence-corrected chi connectivity index (χ3v) is 5.55. The maximum absolute atomic E-state index is 12.3. The molecule has 0 saturated heterocycles. The maximum Gasteiger partial charge on any atom is 0.241 e. The Morgan fingerprint density at radius 3 is 2.68 bits per heavy atom. The molecular formula is C22H22N2O3S. The minimum absolute atomic E-state index is 0.0294. The van der Waals surface area contributed by atoms with Gasteiger partial charge in [0.25, 0.3) is 0 Å². The Morgan fingerprint density at radius 1 is 1.07 bits per heavy atom. The minimum atomic E-state index is -3.56. The second kappa shape index (κ2) is 9.36. The van der Waals surface area contributed by atoms with Crippen molar-refractivity contribution in [2.75, 3.05) is 13.2 Å². The Hall–Kier alpha value is -2.88. The van der Waals surface area contributed by atoms with Gasteiger partial charge in [-0.25, -0.2) is 8.42 Å². The summed E-state index contributed by atoms with van der Waals surface area (Å²) >= 11 is 0. The Balaban J connectivity index is 1.49. The van der Waals surface area contributed by atoms with E-state index in [0.717, 1.165) is 29.3 Å². The molecule has 0 radical (unpaired) electrons. The van der Waals surface area contributed by atoms with E-state index in [0.29, 0.717) is 5.75 Å². The number of rotatable bonds is 7. The van der Waals surface area contributed by atoms with Gasteiger partial charge in [-0.15, -0.1) is 0 Å². The van der Waals surface area contributed by atoms with Crippen molar-refractivity contribution in [1.29, 1.82) is 0 Å². The molecule has 0 unspecified atom stereocenters. The Labute approximate surface area is 165 Å². The summed E-state index contributed by atoms with van der Waals surface area (Å²) in [7, 11) is -3.56. The van der Waals surface area contributed by atoms with Gasteiger partial charge in [0.15, 0.2) is 0 Å². The van der Waals surface area contributed by atoms with Crippen LogP contribution in [0.5, 0.6) is 5.75 Å². The number of nitrogens with one attached hydrogen (secondary N) is 1. The summed E-state index contributed by atoms with van der Waals surface area (Å²) in [4.78, 5) is 4.52. The molecular weight excluding hydrogens is 372 g/mol. The van der Waals surface area contributed by atoms with Crippen molar-refractivity contribution >= 4 is 20.9 Å². The molecule has 1 N–H and O–H groups in total. The van der Waals surface area contributed by atoms with Crippen molar-refractivity contribution in [2.45, 2.75) is 24.7 Å². The van der Waals surface area contributed by atoms with Crippen LogP contribution in [0.3, 0.4) is 0 Å². The highest BCUT2D eigenvalue weighted by Gasteiger charge is 2.12. The van der Waals surface area contributed by atoms with Gasteiger partial charge in [0.2, 0.25) is 10.0 Å². The average molecular weight is 394 g/mol. The minimum Gasteiger partial charge on any atom is -0.481 e. The molecule has 0 fully saturated rings. The monoisotopic (exact) mass is 394 g/mol. The van der Waals surface area contributed by atoms with Crippen LogP contribution in [-0.2, 0) is 16.4 Å². The van der Waals surface area contributed by atoms with Gasteiger partial charge in [-0.05, 0) is 42.3 Å². The lowest BCUT2D eigenvalue weighted by atomic mass is 10.1. The lowest BCUT2D eigenvalue weighted by molar-refractivity contribution is 0.370. The van der Waals surface area contributed by atoms with Crippen molar-refractivity contribution in [3.05, 3.63) is 66.4 Å². The molecule has 0 aliphatic heterocycles. The summed E-state index contributed by atoms with van der Waals surface area (Å²) in [5.41, 5.74) is 1.98. The van der Waals surface area contributed by atoms with E-state index in [1.165, 1.54) is 0 Å². The quantitative estimate of drug-likeness (QED) is 0.622. The van der Waals surface area contributed by atoms with Crippen molar-refractivity contribution in [1.82, 2.24) is 9.71 Å². The van der Waals surface area contributed by atoms with Gasteiger partial charge >= 0.3 is 0 Å². The van der Waals surface area contributed by atoms with Gasteiger partial charge in [-0.1, -0.05) is 43.4 Å². The number of benzene rings is 2. The average Bonchev–Trinajstić information content (AvgIpc) is 2.71. The van der Waals surface area contributed by atoms with Gasteiger partial charge in [-0.3, -0.25) is 4.98 Å². The highest BCUT2D eigenvalue weighted by molar-refractivity contribution is 7.89. The number of aryl methyl sites for hydroxylation is 1. The highest BCUT2D eigenvalue weighted by Crippen LogP contribution is 2.18. The van der Waals surface area contributed by atoms with Crippen LogP contribution in [0.4, 0.5) is 0 Å². The van der Waals surface area contributed by atoms with Crippen LogP contribution in [0.1, 0.15) is 18.9 Å². The van der Waals surface area contributed by atoms with Crippen molar-refractivity contribution in [3.63, 3.8) is 0 Å². The highest BCUT2D eigenvalue weighted by atomic mass is 32.2. The smallest absolute Gasteiger partial charge is 0.241 e. The lowest BCUT2D eigenvalue weighted by Crippen LogP contribution is -2.24. The molecule has 1 aromatic heterocycles. The predicted octanol–water partition coefficient (Wildman–Crippen LogP) is 3.55. The van der Waals surface area contributed by atoms with E-state index in [1.807, 2.05) is 42.5 Å². The normalized spacial score (nSPS) is 11.0. The molecule has 0 bridgehead atoms. The van der Waals surface area contributed by atoms with Crippen LogP contribution in [-0.4, -0.2) is 26.6 Å². The Morgan fingerprint density at radius 2 is 1.89 bits per heavy atom. The molecule has 0 aliphatic carbocycles. The second-order valence-electron chi connectivity index (χ2n) is 6.22. The van der Waals surface area contributed by atoms with Crippen LogP contribution < -0.4 is 9.46 Å². The lowest BCUT2D eigenvalue weighted by Gasteiger charge is -2.05. The first kappa shape index (κ1) is 19.9.